The van der Waals surface area contributed by atoms with E-state index in [9.17, 15) is 0 Å². The average molecular weight is 891 g/mol. The molecule has 0 saturated carbocycles. The van der Waals surface area contributed by atoms with Crippen LogP contribution in [-0.2, 0) is 0 Å². The van der Waals surface area contributed by atoms with E-state index >= 15 is 0 Å². The molecule has 15 rings (SSSR count). The highest BCUT2D eigenvalue weighted by Crippen LogP contribution is 2.44. The first-order valence-corrected chi connectivity index (χ1v) is 24.1. The maximum absolute atomic E-state index is 5.39. The zero-order valence-corrected chi connectivity index (χ0v) is 38.6. The van der Waals surface area contributed by atoms with Crippen LogP contribution in [0.25, 0.3) is 142 Å². The Bertz CT molecular complexity index is 4690. The van der Waals surface area contributed by atoms with Crippen LogP contribution in [0.3, 0.4) is 0 Å². The number of para-hydroxylation sites is 2. The van der Waals surface area contributed by atoms with Gasteiger partial charge in [0.05, 0.1) is 38.8 Å². The van der Waals surface area contributed by atoms with E-state index in [2.05, 4.69) is 229 Å². The normalized spacial score (nSPS) is 12.1. The highest BCUT2D eigenvalue weighted by Gasteiger charge is 2.21. The van der Waals surface area contributed by atoms with Gasteiger partial charge < -0.3 is 9.13 Å². The van der Waals surface area contributed by atoms with Crippen LogP contribution in [0.1, 0.15) is 11.1 Å². The standard InChI is InChI=1S/C66H42N4/c1-39-34-55(60-30-29-53-47-20-9-8-19-46(47)52-24-14-32-67-65(52)66(53)68-60)40(2)33-54(39)41-26-28-51-59-37-56-48-21-10-6-17-44(48)45-18-7-11-22-49(45)57(56)38-64(59)70(63(51)35-41)43-27-31-62-58(36-43)50-23-12-13-25-61(50)69(62)42-15-4-3-5-16-42/h3-38H,1-2H3. The van der Waals surface area contributed by atoms with E-state index in [-0.39, 0.29) is 0 Å². The first-order valence-electron chi connectivity index (χ1n) is 24.1. The molecular weight excluding hydrogens is 849 g/mol. The molecule has 0 spiro atoms. The Morgan fingerprint density at radius 1 is 0.300 bits per heavy atom. The van der Waals surface area contributed by atoms with Crippen LogP contribution >= 0.6 is 0 Å². The quantitative estimate of drug-likeness (QED) is 0.165. The Balaban J connectivity index is 0.965. The van der Waals surface area contributed by atoms with E-state index in [1.807, 2.05) is 12.3 Å². The van der Waals surface area contributed by atoms with Crippen molar-refractivity contribution in [2.24, 2.45) is 0 Å². The minimum Gasteiger partial charge on any atom is -0.309 e. The van der Waals surface area contributed by atoms with Crippen molar-refractivity contribution in [1.82, 2.24) is 19.1 Å². The summed E-state index contributed by atoms with van der Waals surface area (Å²) < 4.78 is 4.91. The van der Waals surface area contributed by atoms with E-state index in [0.29, 0.717) is 0 Å². The second kappa shape index (κ2) is 14.7. The molecule has 0 atom stereocenters. The van der Waals surface area contributed by atoms with Gasteiger partial charge in [0.2, 0.25) is 0 Å². The fourth-order valence-electron chi connectivity index (χ4n) is 12.0. The van der Waals surface area contributed by atoms with E-state index in [4.69, 9.17) is 9.97 Å². The molecule has 0 saturated heterocycles. The fraction of sp³-hybridized carbons (Fsp3) is 0.0303. The lowest BCUT2D eigenvalue weighted by Crippen LogP contribution is -1.96. The minimum absolute atomic E-state index is 0.933. The molecule has 15 aromatic rings. The van der Waals surface area contributed by atoms with Crippen molar-refractivity contribution in [2.75, 3.05) is 0 Å². The predicted molar refractivity (Wildman–Crippen MR) is 296 cm³/mol. The van der Waals surface area contributed by atoms with Gasteiger partial charge in [0, 0.05) is 55.5 Å². The summed E-state index contributed by atoms with van der Waals surface area (Å²) in [7, 11) is 0. The number of benzene rings is 11. The third-order valence-corrected chi connectivity index (χ3v) is 15.2. The number of aromatic nitrogens is 4. The second-order valence-electron chi connectivity index (χ2n) is 19.0. The van der Waals surface area contributed by atoms with E-state index < -0.39 is 0 Å². The van der Waals surface area contributed by atoms with Gasteiger partial charge >= 0.3 is 0 Å². The van der Waals surface area contributed by atoms with Crippen molar-refractivity contribution in [3.05, 3.63) is 230 Å². The first kappa shape index (κ1) is 38.9. The van der Waals surface area contributed by atoms with Crippen LogP contribution < -0.4 is 0 Å². The highest BCUT2D eigenvalue weighted by molar-refractivity contribution is 6.29. The molecule has 0 aliphatic rings. The summed E-state index contributed by atoms with van der Waals surface area (Å²) in [6, 6.07) is 78.2. The van der Waals surface area contributed by atoms with Crippen molar-refractivity contribution in [1.29, 1.82) is 0 Å². The average Bonchev–Trinajstić information content (AvgIpc) is 3.92. The zero-order valence-electron chi connectivity index (χ0n) is 38.6. The molecule has 0 amide bonds. The lowest BCUT2D eigenvalue weighted by molar-refractivity contribution is 1.17. The van der Waals surface area contributed by atoms with Crippen LogP contribution in [0.4, 0.5) is 0 Å². The number of aryl methyl sites for hydroxylation is 2. The highest BCUT2D eigenvalue weighted by atomic mass is 15.0. The fourth-order valence-corrected chi connectivity index (χ4v) is 12.0. The van der Waals surface area contributed by atoms with Crippen molar-refractivity contribution < 1.29 is 0 Å². The Hall–Kier alpha value is -9.12. The molecule has 4 aromatic heterocycles. The van der Waals surface area contributed by atoms with Crippen LogP contribution in [0.15, 0.2) is 219 Å². The molecule has 0 N–H and O–H groups in total. The number of nitrogens with zero attached hydrogens (tertiary/aromatic N) is 4. The Labute approximate surface area is 402 Å². The summed E-state index contributed by atoms with van der Waals surface area (Å²) >= 11 is 0. The van der Waals surface area contributed by atoms with Gasteiger partial charge in [-0.05, 0) is 158 Å². The zero-order chi connectivity index (χ0) is 46.2. The third-order valence-electron chi connectivity index (χ3n) is 15.2. The predicted octanol–water partition coefficient (Wildman–Crippen LogP) is 17.5. The summed E-state index contributed by atoms with van der Waals surface area (Å²) in [5.74, 6) is 0. The van der Waals surface area contributed by atoms with E-state index in [0.717, 1.165) is 44.4 Å². The van der Waals surface area contributed by atoms with Crippen molar-refractivity contribution in [2.45, 2.75) is 13.8 Å². The largest absolute Gasteiger partial charge is 0.309 e. The molecule has 4 heteroatoms. The minimum atomic E-state index is 0.933. The SMILES string of the molecule is Cc1cc(-c2ccc3c4ccccc4c4cccnc4c3n2)c(C)cc1-c1ccc2c3cc4c5ccccc5c5ccccc5c4cc3n(-c3ccc4c(c3)c3ccccc3n4-c3ccccc3)c2c1. The van der Waals surface area contributed by atoms with E-state index in [1.54, 1.807) is 0 Å². The van der Waals surface area contributed by atoms with Gasteiger partial charge in [-0.25, -0.2) is 4.98 Å². The lowest BCUT2D eigenvalue weighted by Gasteiger charge is -2.15. The van der Waals surface area contributed by atoms with Crippen LogP contribution in [0.5, 0.6) is 0 Å². The van der Waals surface area contributed by atoms with Crippen LogP contribution in [0, 0.1) is 13.8 Å². The van der Waals surface area contributed by atoms with Crippen LogP contribution in [-0.4, -0.2) is 19.1 Å². The Kier molecular flexibility index (Phi) is 8.17. The molecular formula is C66H42N4. The number of fused-ring (bicyclic) bond motifs is 18. The third kappa shape index (κ3) is 5.53. The van der Waals surface area contributed by atoms with Gasteiger partial charge in [-0.2, -0.15) is 0 Å². The number of pyridine rings is 2. The van der Waals surface area contributed by atoms with Crippen molar-refractivity contribution >= 4 is 109 Å². The number of hydrogen-bond acceptors (Lipinski definition) is 2. The Morgan fingerprint density at radius 2 is 0.814 bits per heavy atom. The van der Waals surface area contributed by atoms with Crippen molar-refractivity contribution in [3.63, 3.8) is 0 Å². The molecule has 0 fully saturated rings. The van der Waals surface area contributed by atoms with Gasteiger partial charge in [0.1, 0.15) is 0 Å². The maximum atomic E-state index is 5.39. The molecule has 0 radical (unpaired) electrons. The summed E-state index contributed by atoms with van der Waals surface area (Å²) in [4.78, 5) is 10.3. The van der Waals surface area contributed by atoms with Gasteiger partial charge in [0.15, 0.2) is 0 Å². The summed E-state index contributed by atoms with van der Waals surface area (Å²) in [5, 5.41) is 17.2. The van der Waals surface area contributed by atoms with Gasteiger partial charge in [-0.15, -0.1) is 0 Å². The summed E-state index contributed by atoms with van der Waals surface area (Å²) in [5.41, 5.74) is 15.7. The molecule has 0 bridgehead atoms. The molecule has 11 aromatic carbocycles. The molecule has 326 valence electrons. The molecule has 4 heterocycles. The number of hydrogen-bond donors (Lipinski definition) is 0. The van der Waals surface area contributed by atoms with Gasteiger partial charge in [0.25, 0.3) is 0 Å². The first-order chi connectivity index (χ1) is 34.6. The number of rotatable bonds is 4. The van der Waals surface area contributed by atoms with Crippen molar-refractivity contribution in [3.8, 4) is 33.8 Å². The topological polar surface area (TPSA) is 35.6 Å². The Morgan fingerprint density at radius 3 is 1.56 bits per heavy atom. The molecule has 0 aliphatic carbocycles. The van der Waals surface area contributed by atoms with E-state index in [1.165, 1.54) is 109 Å². The lowest BCUT2D eigenvalue weighted by atomic mass is 9.92. The summed E-state index contributed by atoms with van der Waals surface area (Å²) in [6.07, 6.45) is 1.88. The van der Waals surface area contributed by atoms with Gasteiger partial charge in [-0.3, -0.25) is 4.98 Å². The molecule has 70 heavy (non-hydrogen) atoms. The second-order valence-corrected chi connectivity index (χ2v) is 19.0. The van der Waals surface area contributed by atoms with Gasteiger partial charge in [-0.1, -0.05) is 133 Å². The maximum Gasteiger partial charge on any atom is 0.0978 e. The van der Waals surface area contributed by atoms with Crippen LogP contribution in [0.2, 0.25) is 0 Å². The monoisotopic (exact) mass is 890 g/mol. The molecule has 4 nitrogen and oxygen atoms in total. The summed E-state index contributed by atoms with van der Waals surface area (Å²) in [6.45, 7) is 4.46. The smallest absolute Gasteiger partial charge is 0.0978 e. The molecule has 0 aliphatic heterocycles. The molecule has 0 unspecified atom stereocenters.